The highest BCUT2D eigenvalue weighted by molar-refractivity contribution is 6.70. The molecule has 14 heavy (non-hydrogen) atoms. The molecule has 0 amide bonds. The Kier molecular flexibility index (Phi) is 2.33. The molecule has 1 aromatic heterocycles. The van der Waals surface area contributed by atoms with Gasteiger partial charge < -0.3 is 5.21 Å². The van der Waals surface area contributed by atoms with E-state index >= 15 is 0 Å². The second-order valence-corrected chi connectivity index (χ2v) is 3.12. The first-order valence-electron chi connectivity index (χ1n) is 4.04. The van der Waals surface area contributed by atoms with Crippen LogP contribution in [-0.2, 0) is 0 Å². The van der Waals surface area contributed by atoms with Gasteiger partial charge in [-0.05, 0) is 12.1 Å². The van der Waals surface area contributed by atoms with Gasteiger partial charge in [-0.3, -0.25) is 4.98 Å². The normalized spacial score (nSPS) is 11.9. The molecule has 0 aliphatic heterocycles. The second kappa shape index (κ2) is 3.64. The van der Waals surface area contributed by atoms with Crippen molar-refractivity contribution in [1.82, 2.24) is 4.98 Å². The van der Waals surface area contributed by atoms with Crippen molar-refractivity contribution >= 4 is 27.7 Å². The molecule has 0 spiro atoms. The Morgan fingerprint density at radius 1 is 1.29 bits per heavy atom. The highest BCUT2D eigenvalue weighted by atomic mass is 35.5. The van der Waals surface area contributed by atoms with Crippen LogP contribution < -0.4 is 0 Å². The SMILES string of the molecule is O/N=C(\Cl)c1cccc2ncccc12. The van der Waals surface area contributed by atoms with Crippen LogP contribution in [0.4, 0.5) is 0 Å². The molecule has 4 heteroatoms. The van der Waals surface area contributed by atoms with E-state index in [9.17, 15) is 0 Å². The summed E-state index contributed by atoms with van der Waals surface area (Å²) in [5.74, 6) is 0. The van der Waals surface area contributed by atoms with Crippen molar-refractivity contribution in [2.24, 2.45) is 5.16 Å². The fourth-order valence-corrected chi connectivity index (χ4v) is 1.50. The summed E-state index contributed by atoms with van der Waals surface area (Å²) in [5, 5.41) is 12.5. The number of rotatable bonds is 1. The van der Waals surface area contributed by atoms with Crippen molar-refractivity contribution in [3.63, 3.8) is 0 Å². The fraction of sp³-hybridized carbons (Fsp3) is 0. The van der Waals surface area contributed by atoms with E-state index in [-0.39, 0.29) is 5.17 Å². The third kappa shape index (κ3) is 1.42. The molecule has 3 nitrogen and oxygen atoms in total. The molecule has 1 aromatic carbocycles. The lowest BCUT2D eigenvalue weighted by molar-refractivity contribution is 0.321. The molecule has 0 radical (unpaired) electrons. The number of pyridine rings is 1. The maximum absolute atomic E-state index is 8.58. The van der Waals surface area contributed by atoms with Crippen LogP contribution in [0.15, 0.2) is 41.7 Å². The van der Waals surface area contributed by atoms with Gasteiger partial charge in [-0.1, -0.05) is 35.0 Å². The third-order valence-electron chi connectivity index (χ3n) is 1.96. The lowest BCUT2D eigenvalue weighted by Crippen LogP contribution is -1.93. The highest BCUT2D eigenvalue weighted by Crippen LogP contribution is 2.18. The minimum atomic E-state index is 0.0728. The van der Waals surface area contributed by atoms with Crippen LogP contribution in [0.3, 0.4) is 0 Å². The molecule has 2 aromatic rings. The molecular formula is C10H7ClN2O. The lowest BCUT2D eigenvalue weighted by Gasteiger charge is -2.01. The molecule has 0 atom stereocenters. The van der Waals surface area contributed by atoms with E-state index in [1.54, 1.807) is 12.3 Å². The summed E-state index contributed by atoms with van der Waals surface area (Å²) in [6, 6.07) is 9.17. The minimum absolute atomic E-state index is 0.0728. The molecule has 0 bridgehead atoms. The van der Waals surface area contributed by atoms with Crippen molar-refractivity contribution in [2.75, 3.05) is 0 Å². The van der Waals surface area contributed by atoms with Crippen molar-refractivity contribution in [1.29, 1.82) is 0 Å². The van der Waals surface area contributed by atoms with Gasteiger partial charge in [0.1, 0.15) is 0 Å². The zero-order valence-electron chi connectivity index (χ0n) is 7.18. The zero-order chi connectivity index (χ0) is 9.97. The van der Waals surface area contributed by atoms with Gasteiger partial charge in [0.2, 0.25) is 0 Å². The van der Waals surface area contributed by atoms with Crippen LogP contribution in [-0.4, -0.2) is 15.4 Å². The summed E-state index contributed by atoms with van der Waals surface area (Å²) in [4.78, 5) is 4.16. The molecule has 0 unspecified atom stereocenters. The van der Waals surface area contributed by atoms with Gasteiger partial charge in [-0.25, -0.2) is 0 Å². The number of oxime groups is 1. The molecule has 0 saturated carbocycles. The number of halogens is 1. The molecule has 1 heterocycles. The fourth-order valence-electron chi connectivity index (χ4n) is 1.34. The molecule has 2 rings (SSSR count). The molecule has 0 aliphatic rings. The first kappa shape index (κ1) is 8.97. The largest absolute Gasteiger partial charge is 0.410 e. The molecule has 0 aliphatic carbocycles. The van der Waals surface area contributed by atoms with Gasteiger partial charge in [0.05, 0.1) is 5.52 Å². The smallest absolute Gasteiger partial charge is 0.176 e. The van der Waals surface area contributed by atoms with E-state index in [1.165, 1.54) is 0 Å². The molecular weight excluding hydrogens is 200 g/mol. The monoisotopic (exact) mass is 206 g/mol. The molecule has 70 valence electrons. The maximum Gasteiger partial charge on any atom is 0.176 e. The summed E-state index contributed by atoms with van der Waals surface area (Å²) in [6.07, 6.45) is 1.70. The van der Waals surface area contributed by atoms with E-state index in [1.807, 2.05) is 24.3 Å². The lowest BCUT2D eigenvalue weighted by atomic mass is 10.1. The van der Waals surface area contributed by atoms with E-state index in [2.05, 4.69) is 10.1 Å². The van der Waals surface area contributed by atoms with Crippen LogP contribution in [0, 0.1) is 0 Å². The Labute approximate surface area is 85.6 Å². The Morgan fingerprint density at radius 2 is 2.14 bits per heavy atom. The maximum atomic E-state index is 8.58. The predicted molar refractivity (Wildman–Crippen MR) is 55.9 cm³/mol. The van der Waals surface area contributed by atoms with Gasteiger partial charge in [0.25, 0.3) is 0 Å². The van der Waals surface area contributed by atoms with Crippen LogP contribution in [0.25, 0.3) is 10.9 Å². The standard InChI is InChI=1S/C10H7ClN2O/c11-10(13-14)8-3-1-5-9-7(8)4-2-6-12-9/h1-6,14H/b13-10-. The van der Waals surface area contributed by atoms with E-state index in [4.69, 9.17) is 16.8 Å². The second-order valence-electron chi connectivity index (χ2n) is 2.77. The summed E-state index contributed by atoms with van der Waals surface area (Å²) >= 11 is 5.74. The number of benzene rings is 1. The van der Waals surface area contributed by atoms with Gasteiger partial charge in [-0.2, -0.15) is 0 Å². The Balaban J connectivity index is 2.77. The zero-order valence-corrected chi connectivity index (χ0v) is 7.94. The number of hydrogen-bond donors (Lipinski definition) is 1. The molecule has 0 fully saturated rings. The van der Waals surface area contributed by atoms with Crippen molar-refractivity contribution < 1.29 is 5.21 Å². The van der Waals surface area contributed by atoms with Crippen LogP contribution in [0.2, 0.25) is 0 Å². The minimum Gasteiger partial charge on any atom is -0.410 e. The van der Waals surface area contributed by atoms with Crippen molar-refractivity contribution in [3.05, 3.63) is 42.1 Å². The summed E-state index contributed by atoms with van der Waals surface area (Å²) in [7, 11) is 0. The van der Waals surface area contributed by atoms with E-state index < -0.39 is 0 Å². The van der Waals surface area contributed by atoms with Crippen molar-refractivity contribution in [3.8, 4) is 0 Å². The highest BCUT2D eigenvalue weighted by Gasteiger charge is 2.05. The first-order chi connectivity index (χ1) is 6.83. The number of fused-ring (bicyclic) bond motifs is 1. The average molecular weight is 207 g/mol. The summed E-state index contributed by atoms with van der Waals surface area (Å²) in [6.45, 7) is 0. The van der Waals surface area contributed by atoms with Crippen LogP contribution in [0.1, 0.15) is 5.56 Å². The molecule has 1 N–H and O–H groups in total. The van der Waals surface area contributed by atoms with Crippen molar-refractivity contribution in [2.45, 2.75) is 0 Å². The van der Waals surface area contributed by atoms with Gasteiger partial charge in [-0.15, -0.1) is 0 Å². The van der Waals surface area contributed by atoms with Crippen LogP contribution >= 0.6 is 11.6 Å². The number of nitrogens with zero attached hydrogens (tertiary/aromatic N) is 2. The van der Waals surface area contributed by atoms with E-state index in [0.717, 1.165) is 10.9 Å². The van der Waals surface area contributed by atoms with Gasteiger partial charge in [0.15, 0.2) is 5.17 Å². The predicted octanol–water partition coefficient (Wildman–Crippen LogP) is 2.61. The summed E-state index contributed by atoms with van der Waals surface area (Å²) < 4.78 is 0. The third-order valence-corrected chi connectivity index (χ3v) is 2.23. The summed E-state index contributed by atoms with van der Waals surface area (Å²) in [5.41, 5.74) is 1.51. The van der Waals surface area contributed by atoms with Gasteiger partial charge in [0, 0.05) is 17.1 Å². The Bertz CT molecular complexity index is 491. The molecule has 0 saturated heterocycles. The number of aromatic nitrogens is 1. The average Bonchev–Trinajstić information content (AvgIpc) is 2.27. The van der Waals surface area contributed by atoms with Gasteiger partial charge >= 0.3 is 0 Å². The van der Waals surface area contributed by atoms with E-state index in [0.29, 0.717) is 5.56 Å². The Morgan fingerprint density at radius 3 is 2.93 bits per heavy atom. The quantitative estimate of drug-likeness (QED) is 0.443. The first-order valence-corrected chi connectivity index (χ1v) is 4.42. The number of hydrogen-bond acceptors (Lipinski definition) is 3. The Hall–Kier alpha value is -1.61. The van der Waals surface area contributed by atoms with Crippen LogP contribution in [0.5, 0.6) is 0 Å². The topological polar surface area (TPSA) is 45.5 Å².